The fourth-order valence-electron chi connectivity index (χ4n) is 5.11. The molecule has 1 aromatic heterocycles. The minimum atomic E-state index is -1.09. The van der Waals surface area contributed by atoms with E-state index in [4.69, 9.17) is 0 Å². The van der Waals surface area contributed by atoms with Gasteiger partial charge >= 0.3 is 11.9 Å². The van der Waals surface area contributed by atoms with Gasteiger partial charge in [0, 0.05) is 17.7 Å². The number of carbonyl (C=O) groups excluding carboxylic acids is 1. The maximum Gasteiger partial charge on any atom is 0.370 e. The smallest absolute Gasteiger partial charge is 0.370 e. The van der Waals surface area contributed by atoms with Gasteiger partial charge in [-0.3, -0.25) is 4.79 Å². The molecule has 0 fully saturated rings. The second-order valence-corrected chi connectivity index (χ2v) is 8.59. The number of aryl methyl sites for hydroxylation is 1. The summed E-state index contributed by atoms with van der Waals surface area (Å²) in [5.74, 6) is -2.17. The van der Waals surface area contributed by atoms with Crippen LogP contribution in [0.2, 0.25) is 0 Å². The SMILES string of the molecule is CC(=O)c1cc(C)c(-c2cccc3c2c(C(=O)O)c2ccccc2[n+]3CC(=O)O)c2ccccc12. The molecule has 2 N–H and O–H groups in total. The number of benzene rings is 4. The van der Waals surface area contributed by atoms with Crippen LogP contribution in [0.3, 0.4) is 0 Å². The molecule has 6 heteroatoms. The normalized spacial score (nSPS) is 11.3. The van der Waals surface area contributed by atoms with Crippen molar-refractivity contribution in [2.75, 3.05) is 0 Å². The molecule has 0 bridgehead atoms. The average molecular weight is 464 g/mol. The largest absolute Gasteiger partial charge is 0.478 e. The molecular weight excluding hydrogens is 442 g/mol. The van der Waals surface area contributed by atoms with Crippen molar-refractivity contribution in [2.45, 2.75) is 20.4 Å². The Kier molecular flexibility index (Phi) is 5.29. The molecule has 6 nitrogen and oxygen atoms in total. The number of aromatic carboxylic acids is 1. The van der Waals surface area contributed by atoms with Gasteiger partial charge in [-0.25, -0.2) is 9.59 Å². The highest BCUT2D eigenvalue weighted by atomic mass is 16.4. The first-order valence-electron chi connectivity index (χ1n) is 11.2. The number of aliphatic carboxylic acids is 1. The fraction of sp³-hybridized carbons (Fsp3) is 0.103. The van der Waals surface area contributed by atoms with Crippen molar-refractivity contribution >= 4 is 50.3 Å². The van der Waals surface area contributed by atoms with Crippen LogP contribution in [0.15, 0.2) is 72.8 Å². The number of nitrogens with zero attached hydrogens (tertiary/aromatic N) is 1. The van der Waals surface area contributed by atoms with Crippen molar-refractivity contribution in [3.05, 3.63) is 89.5 Å². The van der Waals surface area contributed by atoms with Crippen LogP contribution in [0, 0.1) is 6.92 Å². The van der Waals surface area contributed by atoms with Crippen molar-refractivity contribution < 1.29 is 29.2 Å². The van der Waals surface area contributed by atoms with Crippen molar-refractivity contribution in [1.29, 1.82) is 0 Å². The third-order valence-electron chi connectivity index (χ3n) is 6.45. The molecule has 5 aromatic rings. The molecule has 0 radical (unpaired) electrons. The summed E-state index contributed by atoms with van der Waals surface area (Å²) in [6, 6.07) is 21.8. The maximum atomic E-state index is 12.7. The number of para-hydroxylation sites is 1. The van der Waals surface area contributed by atoms with Crippen LogP contribution >= 0.6 is 0 Å². The number of hydrogen-bond acceptors (Lipinski definition) is 3. The molecule has 1 heterocycles. The molecule has 35 heavy (non-hydrogen) atoms. The van der Waals surface area contributed by atoms with Crippen molar-refractivity contribution in [3.63, 3.8) is 0 Å². The van der Waals surface area contributed by atoms with E-state index < -0.39 is 11.9 Å². The lowest BCUT2D eigenvalue weighted by Crippen LogP contribution is -2.40. The molecule has 0 saturated heterocycles. The predicted molar refractivity (Wildman–Crippen MR) is 134 cm³/mol. The Hall–Kier alpha value is -4.58. The third kappa shape index (κ3) is 3.51. The Bertz CT molecular complexity index is 1720. The first-order valence-corrected chi connectivity index (χ1v) is 11.2. The zero-order valence-corrected chi connectivity index (χ0v) is 19.2. The quantitative estimate of drug-likeness (QED) is 0.206. The van der Waals surface area contributed by atoms with E-state index in [0.29, 0.717) is 32.9 Å². The van der Waals surface area contributed by atoms with Crippen LogP contribution in [0.1, 0.15) is 33.2 Å². The summed E-state index contributed by atoms with van der Waals surface area (Å²) in [4.78, 5) is 36.8. The maximum absolute atomic E-state index is 12.7. The van der Waals surface area contributed by atoms with Gasteiger partial charge in [0.25, 0.3) is 0 Å². The Morgan fingerprint density at radius 1 is 0.800 bits per heavy atom. The van der Waals surface area contributed by atoms with Gasteiger partial charge in [0.05, 0.1) is 16.3 Å². The van der Waals surface area contributed by atoms with E-state index in [0.717, 1.165) is 21.9 Å². The van der Waals surface area contributed by atoms with Crippen molar-refractivity contribution in [1.82, 2.24) is 0 Å². The lowest BCUT2D eigenvalue weighted by atomic mass is 9.86. The average Bonchev–Trinajstić information content (AvgIpc) is 2.82. The molecule has 172 valence electrons. The number of hydrogen-bond donors (Lipinski definition) is 2. The molecule has 0 amide bonds. The zero-order chi connectivity index (χ0) is 24.9. The zero-order valence-electron chi connectivity index (χ0n) is 19.2. The summed E-state index contributed by atoms with van der Waals surface area (Å²) in [6.07, 6.45) is 0. The van der Waals surface area contributed by atoms with Crippen LogP contribution in [0.5, 0.6) is 0 Å². The second kappa shape index (κ2) is 8.33. The van der Waals surface area contributed by atoms with E-state index in [1.807, 2.05) is 49.4 Å². The van der Waals surface area contributed by atoms with Gasteiger partial charge in [-0.05, 0) is 53.4 Å². The number of pyridine rings is 1. The molecule has 0 aliphatic heterocycles. The predicted octanol–water partition coefficient (Wildman–Crippen LogP) is 5.39. The Labute approximate surface area is 200 Å². The molecule has 0 atom stereocenters. The van der Waals surface area contributed by atoms with Gasteiger partial charge in [-0.15, -0.1) is 0 Å². The van der Waals surface area contributed by atoms with E-state index in [-0.39, 0.29) is 17.9 Å². The molecular formula is C29H22NO5+. The monoisotopic (exact) mass is 464 g/mol. The molecule has 4 aromatic carbocycles. The fourth-order valence-corrected chi connectivity index (χ4v) is 5.11. The first kappa shape index (κ1) is 22.2. The summed E-state index contributed by atoms with van der Waals surface area (Å²) in [7, 11) is 0. The Morgan fingerprint density at radius 2 is 1.43 bits per heavy atom. The number of carbonyl (C=O) groups is 3. The number of carboxylic acid groups (broad SMARTS) is 2. The van der Waals surface area contributed by atoms with Crippen molar-refractivity contribution in [3.8, 4) is 11.1 Å². The summed E-state index contributed by atoms with van der Waals surface area (Å²) in [5, 5.41) is 22.5. The minimum Gasteiger partial charge on any atom is -0.478 e. The highest BCUT2D eigenvalue weighted by molar-refractivity contribution is 6.19. The highest BCUT2D eigenvalue weighted by Gasteiger charge is 2.28. The minimum absolute atomic E-state index is 0.0507. The van der Waals surface area contributed by atoms with E-state index in [2.05, 4.69) is 0 Å². The Morgan fingerprint density at radius 3 is 2.09 bits per heavy atom. The number of aromatic nitrogens is 1. The van der Waals surface area contributed by atoms with Crippen LogP contribution < -0.4 is 4.57 Å². The number of ketones is 1. The number of rotatable bonds is 5. The molecule has 0 spiro atoms. The van der Waals surface area contributed by atoms with Gasteiger partial charge in [0.1, 0.15) is 0 Å². The third-order valence-corrected chi connectivity index (χ3v) is 6.45. The van der Waals surface area contributed by atoms with Crippen LogP contribution in [0.25, 0.3) is 43.7 Å². The van der Waals surface area contributed by atoms with E-state index in [9.17, 15) is 24.6 Å². The standard InChI is InChI=1S/C29H21NO5/c1-16-14-22(17(2)31)18-8-3-4-9-19(18)26(16)21-11-7-13-24-27(21)28(29(34)35)20-10-5-6-12-23(20)30(24)15-25(32)33/h3-14H,15H2,1-2H3,(H-,32,33,34,35)/p+1. The van der Waals surface area contributed by atoms with Gasteiger partial charge in [-0.1, -0.05) is 48.5 Å². The number of carboxylic acids is 2. The molecule has 0 unspecified atom stereocenters. The van der Waals surface area contributed by atoms with Crippen molar-refractivity contribution in [2.24, 2.45) is 0 Å². The van der Waals surface area contributed by atoms with Crippen LogP contribution in [-0.4, -0.2) is 27.9 Å². The van der Waals surface area contributed by atoms with Gasteiger partial charge < -0.3 is 10.2 Å². The van der Waals surface area contributed by atoms with Gasteiger partial charge in [-0.2, -0.15) is 4.57 Å². The summed E-state index contributed by atoms with van der Waals surface area (Å²) >= 11 is 0. The van der Waals surface area contributed by atoms with Crippen LogP contribution in [0.4, 0.5) is 0 Å². The van der Waals surface area contributed by atoms with E-state index >= 15 is 0 Å². The van der Waals surface area contributed by atoms with Crippen LogP contribution in [-0.2, 0) is 11.3 Å². The summed E-state index contributed by atoms with van der Waals surface area (Å²) < 4.78 is 1.64. The molecule has 0 aliphatic rings. The molecule has 0 aliphatic carbocycles. The summed E-state index contributed by atoms with van der Waals surface area (Å²) in [5.41, 5.74) is 4.09. The number of Topliss-reactive ketones (excluding diaryl/α,β-unsaturated/α-hetero) is 1. The lowest BCUT2D eigenvalue weighted by Gasteiger charge is -2.17. The van der Waals surface area contributed by atoms with E-state index in [1.165, 1.54) is 6.92 Å². The Balaban J connectivity index is 2.04. The highest BCUT2D eigenvalue weighted by Crippen LogP contribution is 2.40. The molecule has 0 saturated carbocycles. The molecule has 5 rings (SSSR count). The summed E-state index contributed by atoms with van der Waals surface area (Å²) in [6.45, 7) is 3.12. The van der Waals surface area contributed by atoms with Gasteiger partial charge in [0.2, 0.25) is 17.6 Å². The van der Waals surface area contributed by atoms with Gasteiger partial charge in [0.15, 0.2) is 5.78 Å². The second-order valence-electron chi connectivity index (χ2n) is 8.59. The van der Waals surface area contributed by atoms with E-state index in [1.54, 1.807) is 34.9 Å². The topological polar surface area (TPSA) is 95.6 Å². The lowest BCUT2D eigenvalue weighted by molar-refractivity contribution is -0.633. The first-order chi connectivity index (χ1) is 16.8. The number of fused-ring (bicyclic) bond motifs is 3.